The Hall–Kier alpha value is -1.55. The van der Waals surface area contributed by atoms with Crippen molar-refractivity contribution in [3.63, 3.8) is 0 Å². The van der Waals surface area contributed by atoms with Crippen molar-refractivity contribution >= 4 is 28.3 Å². The van der Waals surface area contributed by atoms with Gasteiger partial charge in [0.15, 0.2) is 11.5 Å². The molecule has 8 nitrogen and oxygen atoms in total. The molecular weight excluding hydrogens is 394 g/mol. The third-order valence-electron chi connectivity index (χ3n) is 4.42. The normalized spacial score (nSPS) is 19.7. The molecule has 0 saturated carbocycles. The van der Waals surface area contributed by atoms with Gasteiger partial charge in [0.2, 0.25) is 15.9 Å². The van der Waals surface area contributed by atoms with Crippen LogP contribution < -0.4 is 24.8 Å². The van der Waals surface area contributed by atoms with Gasteiger partial charge in [0.1, 0.15) is 0 Å². The van der Waals surface area contributed by atoms with Crippen molar-refractivity contribution in [1.29, 1.82) is 0 Å². The highest BCUT2D eigenvalue weighted by atomic mass is 35.5. The Kier molecular flexibility index (Phi) is 9.31. The molecular formula is C17H28ClN3O5S. The number of carbonyl (C=O) groups excluding carboxylic acids is 1. The van der Waals surface area contributed by atoms with Crippen LogP contribution in [-0.4, -0.2) is 53.7 Å². The number of halogens is 1. The summed E-state index contributed by atoms with van der Waals surface area (Å²) in [6, 6.07) is 4.64. The van der Waals surface area contributed by atoms with Crippen LogP contribution in [0.25, 0.3) is 0 Å². The fourth-order valence-corrected chi connectivity index (χ4v) is 3.93. The standard InChI is InChI=1S/C17H27N3O5S.ClH/c1-12-14(5-4-9-18-12)20-17(21)8-10-19-26(22,23)13-6-7-15(24-2)16(11-13)25-3;/h6-7,11-12,14,18-19H,4-5,8-10H2,1-3H3,(H,20,21);1H. The quantitative estimate of drug-likeness (QED) is 0.579. The first kappa shape index (κ1) is 23.5. The van der Waals surface area contributed by atoms with Crippen LogP contribution in [0.4, 0.5) is 0 Å². The predicted octanol–water partition coefficient (Wildman–Crippen LogP) is 1.05. The molecule has 1 aliphatic heterocycles. The number of amides is 1. The van der Waals surface area contributed by atoms with Gasteiger partial charge in [-0.1, -0.05) is 0 Å². The third kappa shape index (κ3) is 6.53. The molecule has 0 spiro atoms. The average Bonchev–Trinajstić information content (AvgIpc) is 2.62. The zero-order valence-corrected chi connectivity index (χ0v) is 17.4. The first-order valence-electron chi connectivity index (χ1n) is 8.62. The van der Waals surface area contributed by atoms with Crippen molar-refractivity contribution in [3.8, 4) is 11.5 Å². The third-order valence-corrected chi connectivity index (χ3v) is 5.88. The Morgan fingerprint density at radius 1 is 1.26 bits per heavy atom. The molecule has 1 heterocycles. The van der Waals surface area contributed by atoms with Gasteiger partial charge < -0.3 is 20.1 Å². The second kappa shape index (κ2) is 10.7. The summed E-state index contributed by atoms with van der Waals surface area (Å²) in [5.74, 6) is 0.605. The van der Waals surface area contributed by atoms with Crippen LogP contribution >= 0.6 is 12.4 Å². The summed E-state index contributed by atoms with van der Waals surface area (Å²) in [7, 11) is -0.820. The molecule has 1 aromatic rings. The maximum atomic E-state index is 12.4. The number of ether oxygens (including phenoxy) is 2. The summed E-state index contributed by atoms with van der Waals surface area (Å²) in [5, 5.41) is 6.27. The maximum Gasteiger partial charge on any atom is 0.240 e. The van der Waals surface area contributed by atoms with Gasteiger partial charge >= 0.3 is 0 Å². The van der Waals surface area contributed by atoms with E-state index >= 15 is 0 Å². The number of hydrogen-bond donors (Lipinski definition) is 3. The molecule has 2 rings (SSSR count). The Morgan fingerprint density at radius 3 is 2.59 bits per heavy atom. The van der Waals surface area contributed by atoms with Crippen LogP contribution in [0.3, 0.4) is 0 Å². The Morgan fingerprint density at radius 2 is 1.96 bits per heavy atom. The van der Waals surface area contributed by atoms with Crippen LogP contribution in [0, 0.1) is 0 Å². The molecule has 0 aromatic heterocycles. The molecule has 10 heteroatoms. The van der Waals surface area contributed by atoms with Gasteiger partial charge in [-0.25, -0.2) is 13.1 Å². The molecule has 3 N–H and O–H groups in total. The van der Waals surface area contributed by atoms with Gasteiger partial charge in [0.25, 0.3) is 0 Å². The largest absolute Gasteiger partial charge is 0.493 e. The summed E-state index contributed by atoms with van der Waals surface area (Å²) >= 11 is 0. The lowest BCUT2D eigenvalue weighted by Crippen LogP contribution is -2.52. The molecule has 1 amide bonds. The fourth-order valence-electron chi connectivity index (χ4n) is 2.89. The van der Waals surface area contributed by atoms with Crippen molar-refractivity contribution in [2.75, 3.05) is 27.3 Å². The summed E-state index contributed by atoms with van der Waals surface area (Å²) in [4.78, 5) is 12.1. The number of piperidine rings is 1. The molecule has 1 fully saturated rings. The number of carbonyl (C=O) groups is 1. The second-order valence-corrected chi connectivity index (χ2v) is 7.99. The number of sulfonamides is 1. The monoisotopic (exact) mass is 421 g/mol. The summed E-state index contributed by atoms with van der Waals surface area (Å²) in [6.45, 7) is 3.01. The first-order chi connectivity index (χ1) is 12.4. The van der Waals surface area contributed by atoms with E-state index in [1.54, 1.807) is 0 Å². The maximum absolute atomic E-state index is 12.4. The lowest BCUT2D eigenvalue weighted by atomic mass is 10.00. The molecule has 0 aliphatic carbocycles. The molecule has 0 radical (unpaired) electrons. The number of methoxy groups -OCH3 is 2. The smallest absolute Gasteiger partial charge is 0.240 e. The van der Waals surface area contributed by atoms with E-state index in [1.807, 2.05) is 6.92 Å². The molecule has 2 unspecified atom stereocenters. The molecule has 27 heavy (non-hydrogen) atoms. The van der Waals surface area contributed by atoms with Crippen molar-refractivity contribution in [3.05, 3.63) is 18.2 Å². The summed E-state index contributed by atoms with van der Waals surface area (Å²) < 4.78 is 37.4. The minimum absolute atomic E-state index is 0. The first-order valence-corrected chi connectivity index (χ1v) is 10.1. The molecule has 1 aromatic carbocycles. The highest BCUT2D eigenvalue weighted by molar-refractivity contribution is 7.89. The minimum Gasteiger partial charge on any atom is -0.493 e. The predicted molar refractivity (Wildman–Crippen MR) is 105 cm³/mol. The van der Waals surface area contributed by atoms with Crippen LogP contribution in [0.5, 0.6) is 11.5 Å². The number of rotatable bonds is 8. The average molecular weight is 422 g/mol. The van der Waals surface area contributed by atoms with Crippen molar-refractivity contribution in [2.24, 2.45) is 0 Å². The molecule has 1 saturated heterocycles. The SMILES string of the molecule is COc1ccc(S(=O)(=O)NCCC(=O)NC2CCCNC2C)cc1OC.Cl. The summed E-state index contributed by atoms with van der Waals surface area (Å²) in [6.07, 6.45) is 2.02. The number of benzene rings is 1. The molecule has 2 atom stereocenters. The van der Waals surface area contributed by atoms with E-state index in [-0.39, 0.29) is 48.3 Å². The molecule has 0 bridgehead atoms. The van der Waals surface area contributed by atoms with E-state index in [4.69, 9.17) is 9.47 Å². The van der Waals surface area contributed by atoms with Crippen LogP contribution in [0.15, 0.2) is 23.1 Å². The second-order valence-electron chi connectivity index (χ2n) is 6.22. The lowest BCUT2D eigenvalue weighted by Gasteiger charge is -2.30. The Labute approximate surface area is 166 Å². The Bertz CT molecular complexity index is 729. The van der Waals surface area contributed by atoms with E-state index in [0.29, 0.717) is 11.5 Å². The van der Waals surface area contributed by atoms with Crippen LogP contribution in [0.1, 0.15) is 26.2 Å². The minimum atomic E-state index is -3.74. The van der Waals surface area contributed by atoms with Gasteiger partial charge in [0, 0.05) is 31.1 Å². The van der Waals surface area contributed by atoms with Gasteiger partial charge in [-0.2, -0.15) is 0 Å². The van der Waals surface area contributed by atoms with Crippen molar-refractivity contribution < 1.29 is 22.7 Å². The topological polar surface area (TPSA) is 106 Å². The van der Waals surface area contributed by atoms with Gasteiger partial charge in [-0.3, -0.25) is 4.79 Å². The molecule has 1 aliphatic rings. The van der Waals surface area contributed by atoms with E-state index in [0.717, 1.165) is 19.4 Å². The number of nitrogens with one attached hydrogen (secondary N) is 3. The highest BCUT2D eigenvalue weighted by Crippen LogP contribution is 2.29. The van der Waals surface area contributed by atoms with Gasteiger partial charge in [0.05, 0.1) is 19.1 Å². The van der Waals surface area contributed by atoms with E-state index in [1.165, 1.54) is 32.4 Å². The zero-order valence-electron chi connectivity index (χ0n) is 15.8. The zero-order chi connectivity index (χ0) is 19.2. The van der Waals surface area contributed by atoms with Crippen LogP contribution in [-0.2, 0) is 14.8 Å². The van der Waals surface area contributed by atoms with E-state index in [9.17, 15) is 13.2 Å². The van der Waals surface area contributed by atoms with Crippen molar-refractivity contribution in [1.82, 2.24) is 15.4 Å². The summed E-state index contributed by atoms with van der Waals surface area (Å²) in [5.41, 5.74) is 0. The molecule has 154 valence electrons. The van der Waals surface area contributed by atoms with E-state index in [2.05, 4.69) is 15.4 Å². The van der Waals surface area contributed by atoms with Gasteiger partial charge in [-0.05, 0) is 38.4 Å². The van der Waals surface area contributed by atoms with Crippen molar-refractivity contribution in [2.45, 2.75) is 43.2 Å². The van der Waals surface area contributed by atoms with Crippen LogP contribution in [0.2, 0.25) is 0 Å². The lowest BCUT2D eigenvalue weighted by molar-refractivity contribution is -0.122. The fraction of sp³-hybridized carbons (Fsp3) is 0.588. The number of hydrogen-bond acceptors (Lipinski definition) is 6. The van der Waals surface area contributed by atoms with Gasteiger partial charge in [-0.15, -0.1) is 12.4 Å². The highest BCUT2D eigenvalue weighted by Gasteiger charge is 2.22. The van der Waals surface area contributed by atoms with E-state index < -0.39 is 10.0 Å². The Balaban J connectivity index is 0.00000364.